The zero-order chi connectivity index (χ0) is 18.3. The normalized spacial score (nSPS) is 18.0. The van der Waals surface area contributed by atoms with Gasteiger partial charge in [0.1, 0.15) is 11.6 Å². The SMILES string of the molecule is CC(C)(C)c1cc(N2CCN(S(N)(=O)=O)CC2)nc(C(C)(C)C)n1. The van der Waals surface area contributed by atoms with Crippen molar-refractivity contribution in [3.63, 3.8) is 0 Å². The maximum Gasteiger partial charge on any atom is 0.277 e. The quantitative estimate of drug-likeness (QED) is 0.865. The summed E-state index contributed by atoms with van der Waals surface area (Å²) in [6.45, 7) is 14.6. The molecule has 0 saturated carbocycles. The van der Waals surface area contributed by atoms with Gasteiger partial charge in [0, 0.05) is 43.1 Å². The Morgan fingerprint density at radius 2 is 1.50 bits per heavy atom. The Morgan fingerprint density at radius 1 is 0.958 bits per heavy atom. The number of hydrogen-bond acceptors (Lipinski definition) is 5. The first-order valence-electron chi connectivity index (χ1n) is 8.21. The van der Waals surface area contributed by atoms with Gasteiger partial charge in [0.2, 0.25) is 0 Å². The number of nitrogens with zero attached hydrogens (tertiary/aromatic N) is 4. The molecule has 8 heteroatoms. The molecular formula is C16H29N5O2S. The molecule has 1 fully saturated rings. The molecule has 0 aromatic carbocycles. The van der Waals surface area contributed by atoms with E-state index in [1.54, 1.807) is 0 Å². The Labute approximate surface area is 145 Å². The molecule has 0 radical (unpaired) electrons. The summed E-state index contributed by atoms with van der Waals surface area (Å²) < 4.78 is 24.2. The predicted molar refractivity (Wildman–Crippen MR) is 96.3 cm³/mol. The first kappa shape index (κ1) is 19.1. The molecule has 0 atom stereocenters. The first-order chi connectivity index (χ1) is 10.8. The number of hydrogen-bond donors (Lipinski definition) is 1. The summed E-state index contributed by atoms with van der Waals surface area (Å²) in [7, 11) is -3.62. The molecule has 2 rings (SSSR count). The molecular weight excluding hydrogens is 326 g/mol. The van der Waals surface area contributed by atoms with Crippen molar-refractivity contribution >= 4 is 16.0 Å². The standard InChI is InChI=1S/C16H29N5O2S/c1-15(2,3)12-11-13(19-14(18-12)16(4,5)6)20-7-9-21(10-8-20)24(17,22)23/h11H,7-10H2,1-6H3,(H2,17,22,23). The number of anilines is 1. The van der Waals surface area contributed by atoms with E-state index in [1.165, 1.54) is 4.31 Å². The van der Waals surface area contributed by atoms with Crippen LogP contribution in [0.5, 0.6) is 0 Å². The summed E-state index contributed by atoms with van der Waals surface area (Å²) in [6, 6.07) is 2.02. The Morgan fingerprint density at radius 3 is 1.92 bits per heavy atom. The maximum absolute atomic E-state index is 11.5. The third kappa shape index (κ3) is 4.43. The fourth-order valence-corrected chi connectivity index (χ4v) is 3.16. The minimum atomic E-state index is -3.62. The molecule has 1 saturated heterocycles. The van der Waals surface area contributed by atoms with Crippen molar-refractivity contribution in [1.29, 1.82) is 0 Å². The third-order valence-electron chi connectivity index (χ3n) is 4.07. The number of rotatable bonds is 2. The highest BCUT2D eigenvalue weighted by atomic mass is 32.2. The Kier molecular flexibility index (Phi) is 4.96. The van der Waals surface area contributed by atoms with Crippen LogP contribution in [-0.2, 0) is 21.0 Å². The average Bonchev–Trinajstić information content (AvgIpc) is 2.44. The van der Waals surface area contributed by atoms with E-state index in [1.807, 2.05) is 6.07 Å². The lowest BCUT2D eigenvalue weighted by molar-refractivity contribution is 0.383. The van der Waals surface area contributed by atoms with Crippen LogP contribution in [0, 0.1) is 0 Å². The molecule has 7 nitrogen and oxygen atoms in total. The number of piperazine rings is 1. The molecule has 136 valence electrons. The molecule has 2 heterocycles. The highest BCUT2D eigenvalue weighted by Gasteiger charge is 2.28. The van der Waals surface area contributed by atoms with Crippen LogP contribution in [0.15, 0.2) is 6.07 Å². The minimum absolute atomic E-state index is 0.0832. The highest BCUT2D eigenvalue weighted by Crippen LogP contribution is 2.28. The molecule has 2 N–H and O–H groups in total. The second-order valence-electron chi connectivity index (χ2n) is 8.37. The fraction of sp³-hybridized carbons (Fsp3) is 0.750. The summed E-state index contributed by atoms with van der Waals surface area (Å²) in [5.74, 6) is 1.66. The molecule has 1 aromatic rings. The van der Waals surface area contributed by atoms with Gasteiger partial charge in [-0.3, -0.25) is 0 Å². The van der Waals surface area contributed by atoms with Gasteiger partial charge in [0.25, 0.3) is 10.2 Å². The van der Waals surface area contributed by atoms with Gasteiger partial charge in [0.05, 0.1) is 5.69 Å². The average molecular weight is 356 g/mol. The smallest absolute Gasteiger partial charge is 0.277 e. The van der Waals surface area contributed by atoms with Gasteiger partial charge in [-0.05, 0) is 0 Å². The van der Waals surface area contributed by atoms with Crippen molar-refractivity contribution in [3.8, 4) is 0 Å². The van der Waals surface area contributed by atoms with Crippen LogP contribution in [0.4, 0.5) is 5.82 Å². The summed E-state index contributed by atoms with van der Waals surface area (Å²) in [5, 5.41) is 5.21. The third-order valence-corrected chi connectivity index (χ3v) is 5.16. The van der Waals surface area contributed by atoms with E-state index in [4.69, 9.17) is 15.1 Å². The van der Waals surface area contributed by atoms with Crippen molar-refractivity contribution < 1.29 is 8.42 Å². The minimum Gasteiger partial charge on any atom is -0.354 e. The van der Waals surface area contributed by atoms with E-state index in [-0.39, 0.29) is 10.8 Å². The first-order valence-corrected chi connectivity index (χ1v) is 9.72. The van der Waals surface area contributed by atoms with Crippen molar-refractivity contribution in [3.05, 3.63) is 17.6 Å². The van der Waals surface area contributed by atoms with E-state index < -0.39 is 10.2 Å². The highest BCUT2D eigenvalue weighted by molar-refractivity contribution is 7.86. The van der Waals surface area contributed by atoms with E-state index in [0.717, 1.165) is 17.3 Å². The Hall–Kier alpha value is -1.25. The van der Waals surface area contributed by atoms with Crippen LogP contribution in [0.25, 0.3) is 0 Å². The van der Waals surface area contributed by atoms with Crippen LogP contribution in [0.1, 0.15) is 53.1 Å². The molecule has 24 heavy (non-hydrogen) atoms. The summed E-state index contributed by atoms with van der Waals surface area (Å²) in [4.78, 5) is 11.6. The summed E-state index contributed by atoms with van der Waals surface area (Å²) in [5.41, 5.74) is 0.754. The second-order valence-corrected chi connectivity index (χ2v) is 9.91. The van der Waals surface area contributed by atoms with Crippen LogP contribution in [-0.4, -0.2) is 48.9 Å². The summed E-state index contributed by atoms with van der Waals surface area (Å²) in [6.07, 6.45) is 0. The number of aromatic nitrogens is 2. The monoisotopic (exact) mass is 355 g/mol. The van der Waals surface area contributed by atoms with Crippen molar-refractivity contribution in [2.45, 2.75) is 52.4 Å². The van der Waals surface area contributed by atoms with Crippen LogP contribution in [0.3, 0.4) is 0 Å². The van der Waals surface area contributed by atoms with Crippen LogP contribution < -0.4 is 10.0 Å². The van der Waals surface area contributed by atoms with Gasteiger partial charge >= 0.3 is 0 Å². The van der Waals surface area contributed by atoms with Gasteiger partial charge in [0.15, 0.2) is 0 Å². The molecule has 0 bridgehead atoms. The molecule has 1 aliphatic heterocycles. The van der Waals surface area contributed by atoms with E-state index >= 15 is 0 Å². The lowest BCUT2D eigenvalue weighted by Crippen LogP contribution is -2.51. The zero-order valence-electron chi connectivity index (χ0n) is 15.5. The second kappa shape index (κ2) is 6.24. The zero-order valence-corrected chi connectivity index (χ0v) is 16.3. The van der Waals surface area contributed by atoms with Gasteiger partial charge in [-0.15, -0.1) is 0 Å². The van der Waals surface area contributed by atoms with E-state index in [9.17, 15) is 8.42 Å². The molecule has 0 amide bonds. The van der Waals surface area contributed by atoms with Crippen molar-refractivity contribution in [1.82, 2.24) is 14.3 Å². The molecule has 0 spiro atoms. The Balaban J connectivity index is 2.34. The van der Waals surface area contributed by atoms with Gasteiger partial charge in [-0.25, -0.2) is 15.1 Å². The van der Waals surface area contributed by atoms with Gasteiger partial charge in [-0.1, -0.05) is 41.5 Å². The lowest BCUT2D eigenvalue weighted by atomic mass is 9.90. The molecule has 0 aliphatic carbocycles. The Bertz CT molecular complexity index is 664. The molecule has 1 aromatic heterocycles. The van der Waals surface area contributed by atoms with Crippen molar-refractivity contribution in [2.75, 3.05) is 31.1 Å². The van der Waals surface area contributed by atoms with Crippen LogP contribution in [0.2, 0.25) is 0 Å². The largest absolute Gasteiger partial charge is 0.354 e. The summed E-state index contributed by atoms with van der Waals surface area (Å²) >= 11 is 0. The topological polar surface area (TPSA) is 92.4 Å². The molecule has 1 aliphatic rings. The van der Waals surface area contributed by atoms with Gasteiger partial charge in [-0.2, -0.15) is 12.7 Å². The lowest BCUT2D eigenvalue weighted by Gasteiger charge is -2.35. The fourth-order valence-electron chi connectivity index (χ4n) is 2.49. The number of nitrogens with two attached hydrogens (primary N) is 1. The molecule has 0 unspecified atom stereocenters. The van der Waals surface area contributed by atoms with Crippen molar-refractivity contribution in [2.24, 2.45) is 5.14 Å². The predicted octanol–water partition coefficient (Wildman–Crippen LogP) is 1.40. The van der Waals surface area contributed by atoms with E-state index in [0.29, 0.717) is 26.2 Å². The van der Waals surface area contributed by atoms with E-state index in [2.05, 4.69) is 46.4 Å². The maximum atomic E-state index is 11.5. The van der Waals surface area contributed by atoms with Gasteiger partial charge < -0.3 is 4.90 Å². The van der Waals surface area contributed by atoms with Crippen LogP contribution >= 0.6 is 0 Å².